The van der Waals surface area contributed by atoms with E-state index in [2.05, 4.69) is 20.6 Å². The lowest BCUT2D eigenvalue weighted by atomic mass is 9.90. The van der Waals surface area contributed by atoms with Gasteiger partial charge in [0.05, 0.1) is 5.52 Å². The molecule has 30 heavy (non-hydrogen) atoms. The molecule has 1 saturated carbocycles. The zero-order valence-corrected chi connectivity index (χ0v) is 17.2. The van der Waals surface area contributed by atoms with Gasteiger partial charge in [-0.25, -0.2) is 0 Å². The predicted molar refractivity (Wildman–Crippen MR) is 122 cm³/mol. The number of fused-ring (bicyclic) bond motifs is 2. The summed E-state index contributed by atoms with van der Waals surface area (Å²) in [6, 6.07) is 16.2. The quantitative estimate of drug-likeness (QED) is 0.408. The number of benzene rings is 2. The van der Waals surface area contributed by atoms with E-state index in [0.29, 0.717) is 16.6 Å². The van der Waals surface area contributed by atoms with Crippen molar-refractivity contribution in [2.75, 3.05) is 5.32 Å². The highest BCUT2D eigenvalue weighted by molar-refractivity contribution is 6.31. The molecule has 152 valence electrons. The van der Waals surface area contributed by atoms with Crippen LogP contribution in [0.1, 0.15) is 36.0 Å². The molecule has 1 aliphatic carbocycles. The zero-order valence-electron chi connectivity index (χ0n) is 16.5. The van der Waals surface area contributed by atoms with Crippen LogP contribution in [0.25, 0.3) is 21.8 Å². The maximum Gasteiger partial charge on any atom is 0.251 e. The van der Waals surface area contributed by atoms with E-state index in [4.69, 9.17) is 11.6 Å². The van der Waals surface area contributed by atoms with Crippen molar-refractivity contribution >= 4 is 45.0 Å². The average Bonchev–Trinajstić information content (AvgIpc) is 3.23. The molecule has 0 unspecified atom stereocenters. The summed E-state index contributed by atoms with van der Waals surface area (Å²) >= 11 is 6.09. The summed E-state index contributed by atoms with van der Waals surface area (Å²) < 4.78 is 0. The molecule has 0 bridgehead atoms. The smallest absolute Gasteiger partial charge is 0.251 e. The highest BCUT2D eigenvalue weighted by Gasteiger charge is 2.23. The summed E-state index contributed by atoms with van der Waals surface area (Å²) in [5.74, 6) is -0.0000781. The molecule has 1 fully saturated rings. The third-order valence-corrected chi connectivity index (χ3v) is 6.18. The summed E-state index contributed by atoms with van der Waals surface area (Å²) in [5, 5.41) is 9.76. The van der Waals surface area contributed by atoms with Crippen LogP contribution in [-0.4, -0.2) is 28.0 Å². The van der Waals surface area contributed by atoms with Crippen molar-refractivity contribution in [3.8, 4) is 0 Å². The second kappa shape index (κ2) is 8.00. The Morgan fingerprint density at radius 1 is 1.00 bits per heavy atom. The van der Waals surface area contributed by atoms with Gasteiger partial charge >= 0.3 is 0 Å². The second-order valence-electron chi connectivity index (χ2n) is 7.97. The molecule has 1 amide bonds. The monoisotopic (exact) mass is 418 g/mol. The highest BCUT2D eigenvalue weighted by Crippen LogP contribution is 2.28. The molecule has 0 spiro atoms. The number of pyridine rings is 1. The maximum atomic E-state index is 12.7. The lowest BCUT2D eigenvalue weighted by Gasteiger charge is -2.30. The number of aromatic amines is 1. The van der Waals surface area contributed by atoms with E-state index in [0.717, 1.165) is 53.2 Å². The number of halogens is 1. The minimum atomic E-state index is -0.0000781. The molecule has 0 aliphatic heterocycles. The topological polar surface area (TPSA) is 69.8 Å². The van der Waals surface area contributed by atoms with Crippen molar-refractivity contribution in [2.24, 2.45) is 0 Å². The van der Waals surface area contributed by atoms with Gasteiger partial charge in [-0.3, -0.25) is 9.78 Å². The molecule has 2 heterocycles. The Bertz CT molecular complexity index is 1210. The number of carbonyl (C=O) groups excluding carboxylic acids is 1. The third kappa shape index (κ3) is 3.85. The van der Waals surface area contributed by atoms with Crippen LogP contribution in [0.5, 0.6) is 0 Å². The fourth-order valence-corrected chi connectivity index (χ4v) is 4.47. The molecule has 3 N–H and O–H groups in total. The summed E-state index contributed by atoms with van der Waals surface area (Å²) in [6.07, 6.45) is 7.65. The van der Waals surface area contributed by atoms with Gasteiger partial charge < -0.3 is 15.6 Å². The molecule has 5 nitrogen and oxygen atoms in total. The first-order valence-corrected chi connectivity index (χ1v) is 10.7. The van der Waals surface area contributed by atoms with Gasteiger partial charge in [0.25, 0.3) is 5.91 Å². The molecule has 0 radical (unpaired) electrons. The molecule has 0 atom stereocenters. The van der Waals surface area contributed by atoms with Gasteiger partial charge in [0.15, 0.2) is 0 Å². The van der Waals surface area contributed by atoms with E-state index in [-0.39, 0.29) is 11.9 Å². The van der Waals surface area contributed by atoms with Crippen LogP contribution < -0.4 is 10.6 Å². The van der Waals surface area contributed by atoms with Gasteiger partial charge in [0.1, 0.15) is 0 Å². The molecule has 0 saturated heterocycles. The van der Waals surface area contributed by atoms with Gasteiger partial charge in [-0.2, -0.15) is 0 Å². The van der Waals surface area contributed by atoms with Crippen molar-refractivity contribution in [3.63, 3.8) is 0 Å². The Balaban J connectivity index is 1.20. The van der Waals surface area contributed by atoms with Crippen molar-refractivity contribution in [1.82, 2.24) is 15.3 Å². The number of carbonyl (C=O) groups is 1. The molecular weight excluding hydrogens is 396 g/mol. The van der Waals surface area contributed by atoms with Crippen molar-refractivity contribution in [1.29, 1.82) is 0 Å². The highest BCUT2D eigenvalue weighted by atomic mass is 35.5. The summed E-state index contributed by atoms with van der Waals surface area (Å²) in [7, 11) is 0. The van der Waals surface area contributed by atoms with Crippen LogP contribution in [0.2, 0.25) is 5.02 Å². The summed E-state index contributed by atoms with van der Waals surface area (Å²) in [5.41, 5.74) is 3.67. The predicted octanol–water partition coefficient (Wildman–Crippen LogP) is 5.52. The minimum Gasteiger partial charge on any atom is -0.382 e. The first kappa shape index (κ1) is 18.9. The number of anilines is 1. The molecule has 4 aromatic rings. The fraction of sp³-hybridized carbons (Fsp3) is 0.250. The Morgan fingerprint density at radius 2 is 1.83 bits per heavy atom. The number of aromatic nitrogens is 2. The van der Waals surface area contributed by atoms with E-state index >= 15 is 0 Å². The van der Waals surface area contributed by atoms with Gasteiger partial charge in [-0.15, -0.1) is 0 Å². The lowest BCUT2D eigenvalue weighted by molar-refractivity contribution is 0.0926. The molecule has 6 heteroatoms. The van der Waals surface area contributed by atoms with E-state index in [1.165, 1.54) is 0 Å². The van der Waals surface area contributed by atoms with Crippen LogP contribution in [0.3, 0.4) is 0 Å². The summed E-state index contributed by atoms with van der Waals surface area (Å²) in [4.78, 5) is 20.2. The lowest BCUT2D eigenvalue weighted by Crippen LogP contribution is -2.40. The normalized spacial score (nSPS) is 19.1. The molecule has 5 rings (SSSR count). The Hall–Kier alpha value is -3.05. The first-order chi connectivity index (χ1) is 14.7. The van der Waals surface area contributed by atoms with Gasteiger partial charge in [0.2, 0.25) is 0 Å². The van der Waals surface area contributed by atoms with Gasteiger partial charge in [-0.1, -0.05) is 17.7 Å². The molecule has 2 aromatic heterocycles. The van der Waals surface area contributed by atoms with Crippen molar-refractivity contribution in [2.45, 2.75) is 37.8 Å². The molecular formula is C24H23ClN4O. The van der Waals surface area contributed by atoms with Crippen LogP contribution in [0.4, 0.5) is 5.69 Å². The van der Waals surface area contributed by atoms with E-state index in [9.17, 15) is 4.79 Å². The van der Waals surface area contributed by atoms with Crippen LogP contribution >= 0.6 is 11.6 Å². The summed E-state index contributed by atoms with van der Waals surface area (Å²) in [6.45, 7) is 0. The van der Waals surface area contributed by atoms with Crippen LogP contribution in [-0.2, 0) is 0 Å². The minimum absolute atomic E-state index is 0.0000781. The van der Waals surface area contributed by atoms with Crippen LogP contribution in [0.15, 0.2) is 60.9 Å². The standard InChI is InChI=1S/C24H23ClN4O/c25-17-3-8-20-21(10-12-27-23(20)14-17)28-18-4-6-19(7-5-18)29-24(30)16-2-1-15-9-11-26-22(15)13-16/h1-3,8-14,18-19,26H,4-7H2,(H,27,28)(H,29,30)/t18-,19+. The van der Waals surface area contributed by atoms with E-state index < -0.39 is 0 Å². The van der Waals surface area contributed by atoms with E-state index in [1.807, 2.05) is 60.9 Å². The largest absolute Gasteiger partial charge is 0.382 e. The fourth-order valence-electron chi connectivity index (χ4n) is 4.31. The second-order valence-corrected chi connectivity index (χ2v) is 8.40. The SMILES string of the molecule is O=C(N[C@H]1CC[C@@H](Nc2ccnc3cc(Cl)ccc23)CC1)c1ccc2cc[nH]c2c1. The number of nitrogens with zero attached hydrogens (tertiary/aromatic N) is 1. The Morgan fingerprint density at radius 3 is 2.70 bits per heavy atom. The van der Waals surface area contributed by atoms with Crippen molar-refractivity contribution < 1.29 is 4.79 Å². The average molecular weight is 419 g/mol. The van der Waals surface area contributed by atoms with Gasteiger partial charge in [-0.05, 0) is 73.5 Å². The zero-order chi connectivity index (χ0) is 20.5. The number of rotatable bonds is 4. The molecule has 1 aliphatic rings. The Kier molecular flexibility index (Phi) is 5.05. The number of amides is 1. The maximum absolute atomic E-state index is 12.7. The number of H-pyrrole nitrogens is 1. The third-order valence-electron chi connectivity index (χ3n) is 5.94. The van der Waals surface area contributed by atoms with E-state index in [1.54, 1.807) is 0 Å². The number of hydrogen-bond donors (Lipinski definition) is 3. The first-order valence-electron chi connectivity index (χ1n) is 10.3. The number of nitrogens with one attached hydrogen (secondary N) is 3. The molecule has 2 aromatic carbocycles. The Labute approximate surface area is 179 Å². The van der Waals surface area contributed by atoms with Gasteiger partial charge in [0, 0.05) is 51.7 Å². The van der Waals surface area contributed by atoms with Crippen molar-refractivity contribution in [3.05, 3.63) is 71.5 Å². The number of hydrogen-bond acceptors (Lipinski definition) is 3. The van der Waals surface area contributed by atoms with Crippen LogP contribution in [0, 0.1) is 0 Å².